The highest BCUT2D eigenvalue weighted by molar-refractivity contribution is 5.85. The number of aromatic nitrogens is 1. The fraction of sp³-hybridized carbons (Fsp3) is 0.353. The van der Waals surface area contributed by atoms with E-state index < -0.39 is 11.7 Å². The number of pyridine rings is 1. The van der Waals surface area contributed by atoms with E-state index in [0.29, 0.717) is 0 Å². The summed E-state index contributed by atoms with van der Waals surface area (Å²) in [5.41, 5.74) is 0.0768. The van der Waals surface area contributed by atoms with Crippen molar-refractivity contribution < 1.29 is 17.9 Å². The molecule has 0 radical (unpaired) electrons. The molecule has 0 bridgehead atoms. The molecular weight excluding hydrogens is 341 g/mol. The topological polar surface area (TPSA) is 34.1 Å². The number of halogens is 4. The standard InChI is InChI=1S/C17H17F3N2O.ClH/c18-17(19,20)14-5-1-2-6-15(14)23-16-13(4-3-9-22-16)12-7-10-21-11-8-12;/h1-6,9,12,21H,7-8,10-11H2;1H. The number of nitrogens with one attached hydrogen (secondary N) is 1. The quantitative estimate of drug-likeness (QED) is 0.857. The summed E-state index contributed by atoms with van der Waals surface area (Å²) in [7, 11) is 0. The molecule has 1 saturated heterocycles. The molecule has 1 N–H and O–H groups in total. The summed E-state index contributed by atoms with van der Waals surface area (Å²) in [5.74, 6) is 0.294. The first-order valence-electron chi connectivity index (χ1n) is 7.55. The zero-order valence-electron chi connectivity index (χ0n) is 12.8. The molecule has 3 nitrogen and oxygen atoms in total. The zero-order chi connectivity index (χ0) is 16.3. The van der Waals surface area contributed by atoms with Gasteiger partial charge in [0.1, 0.15) is 5.75 Å². The monoisotopic (exact) mass is 358 g/mol. The molecule has 3 rings (SSSR count). The number of para-hydroxylation sites is 1. The van der Waals surface area contributed by atoms with Gasteiger partial charge in [-0.1, -0.05) is 18.2 Å². The van der Waals surface area contributed by atoms with Crippen LogP contribution in [0.25, 0.3) is 0 Å². The van der Waals surface area contributed by atoms with Crippen molar-refractivity contribution in [2.75, 3.05) is 13.1 Å². The molecule has 0 saturated carbocycles. The predicted molar refractivity (Wildman–Crippen MR) is 87.8 cm³/mol. The van der Waals surface area contributed by atoms with E-state index in [0.717, 1.165) is 37.6 Å². The van der Waals surface area contributed by atoms with E-state index in [2.05, 4.69) is 10.3 Å². The van der Waals surface area contributed by atoms with Crippen molar-refractivity contribution in [2.45, 2.75) is 24.9 Å². The molecule has 0 aliphatic carbocycles. The molecule has 130 valence electrons. The Hall–Kier alpha value is -1.79. The van der Waals surface area contributed by atoms with Gasteiger partial charge >= 0.3 is 6.18 Å². The van der Waals surface area contributed by atoms with Crippen molar-refractivity contribution >= 4 is 12.4 Å². The van der Waals surface area contributed by atoms with Gasteiger partial charge in [-0.25, -0.2) is 4.98 Å². The maximum absolute atomic E-state index is 13.1. The van der Waals surface area contributed by atoms with Gasteiger partial charge in [-0.3, -0.25) is 0 Å². The summed E-state index contributed by atoms with van der Waals surface area (Å²) in [5, 5.41) is 3.27. The van der Waals surface area contributed by atoms with Gasteiger partial charge in [-0.05, 0) is 50.0 Å². The average Bonchev–Trinajstić information content (AvgIpc) is 2.56. The predicted octanol–water partition coefficient (Wildman–Crippen LogP) is 4.78. The molecule has 7 heteroatoms. The number of nitrogens with zero attached hydrogens (tertiary/aromatic N) is 1. The third-order valence-corrected chi connectivity index (χ3v) is 3.98. The van der Waals surface area contributed by atoms with Crippen LogP contribution in [0.5, 0.6) is 11.6 Å². The first-order chi connectivity index (χ1) is 11.1. The Labute approximate surface area is 144 Å². The molecule has 0 unspecified atom stereocenters. The second-order valence-corrected chi connectivity index (χ2v) is 5.52. The van der Waals surface area contributed by atoms with Crippen LogP contribution in [0.1, 0.15) is 29.9 Å². The van der Waals surface area contributed by atoms with Crippen molar-refractivity contribution in [3.05, 3.63) is 53.7 Å². The molecule has 2 aromatic rings. The first-order valence-corrected chi connectivity index (χ1v) is 7.55. The minimum absolute atomic E-state index is 0. The third-order valence-electron chi connectivity index (χ3n) is 3.98. The second kappa shape index (κ2) is 7.85. The molecule has 1 aromatic carbocycles. The number of rotatable bonds is 3. The van der Waals surface area contributed by atoms with Gasteiger partial charge in [-0.15, -0.1) is 12.4 Å². The smallest absolute Gasteiger partial charge is 0.419 e. The van der Waals surface area contributed by atoms with Gasteiger partial charge in [0, 0.05) is 11.8 Å². The molecule has 1 aliphatic heterocycles. The van der Waals surface area contributed by atoms with Crippen molar-refractivity contribution in [3.8, 4) is 11.6 Å². The fourth-order valence-electron chi connectivity index (χ4n) is 2.83. The van der Waals surface area contributed by atoms with Crippen LogP contribution in [0.2, 0.25) is 0 Å². The van der Waals surface area contributed by atoms with E-state index in [4.69, 9.17) is 4.74 Å². The Morgan fingerprint density at radius 3 is 2.46 bits per heavy atom. The highest BCUT2D eigenvalue weighted by Gasteiger charge is 2.34. The minimum atomic E-state index is -4.46. The van der Waals surface area contributed by atoms with Crippen LogP contribution >= 0.6 is 12.4 Å². The van der Waals surface area contributed by atoms with Crippen LogP contribution in [0.3, 0.4) is 0 Å². The number of alkyl halides is 3. The van der Waals surface area contributed by atoms with Crippen LogP contribution in [0.4, 0.5) is 13.2 Å². The lowest BCUT2D eigenvalue weighted by Crippen LogP contribution is -2.26. The van der Waals surface area contributed by atoms with Crippen molar-refractivity contribution in [1.82, 2.24) is 10.3 Å². The maximum atomic E-state index is 13.1. The molecular formula is C17H18ClF3N2O. The van der Waals surface area contributed by atoms with Gasteiger partial charge < -0.3 is 10.1 Å². The number of piperidine rings is 1. The van der Waals surface area contributed by atoms with Crippen LogP contribution < -0.4 is 10.1 Å². The molecule has 1 fully saturated rings. The van der Waals surface area contributed by atoms with Gasteiger partial charge in [0.15, 0.2) is 0 Å². The highest BCUT2D eigenvalue weighted by atomic mass is 35.5. The summed E-state index contributed by atoms with van der Waals surface area (Å²) in [6, 6.07) is 8.89. The Morgan fingerprint density at radius 1 is 1.04 bits per heavy atom. The van der Waals surface area contributed by atoms with Gasteiger partial charge in [0.25, 0.3) is 0 Å². The van der Waals surface area contributed by atoms with Crippen LogP contribution in [0, 0.1) is 0 Å². The van der Waals surface area contributed by atoms with Crippen LogP contribution in [-0.2, 0) is 6.18 Å². The van der Waals surface area contributed by atoms with E-state index in [9.17, 15) is 13.2 Å². The lowest BCUT2D eigenvalue weighted by molar-refractivity contribution is -0.138. The SMILES string of the molecule is Cl.FC(F)(F)c1ccccc1Oc1ncccc1C1CCNCC1. The Balaban J connectivity index is 0.00000208. The minimum Gasteiger partial charge on any atom is -0.438 e. The lowest BCUT2D eigenvalue weighted by Gasteiger charge is -2.24. The Morgan fingerprint density at radius 2 is 1.75 bits per heavy atom. The van der Waals surface area contributed by atoms with E-state index in [1.807, 2.05) is 6.07 Å². The first kappa shape index (κ1) is 18.5. The zero-order valence-corrected chi connectivity index (χ0v) is 13.7. The fourth-order valence-corrected chi connectivity index (χ4v) is 2.83. The number of ether oxygens (including phenoxy) is 1. The van der Waals surface area contributed by atoms with E-state index in [-0.39, 0.29) is 30.0 Å². The Kier molecular flexibility index (Phi) is 6.07. The van der Waals surface area contributed by atoms with E-state index >= 15 is 0 Å². The van der Waals surface area contributed by atoms with Gasteiger partial charge in [0.2, 0.25) is 5.88 Å². The van der Waals surface area contributed by atoms with Gasteiger partial charge in [-0.2, -0.15) is 13.2 Å². The molecule has 0 amide bonds. The van der Waals surface area contributed by atoms with Crippen LogP contribution in [0.15, 0.2) is 42.6 Å². The number of benzene rings is 1. The summed E-state index contributed by atoms with van der Waals surface area (Å²) >= 11 is 0. The lowest BCUT2D eigenvalue weighted by atomic mass is 9.91. The summed E-state index contributed by atoms with van der Waals surface area (Å²) in [4.78, 5) is 4.16. The Bertz CT molecular complexity index is 673. The second-order valence-electron chi connectivity index (χ2n) is 5.52. The maximum Gasteiger partial charge on any atom is 0.419 e. The highest BCUT2D eigenvalue weighted by Crippen LogP contribution is 2.39. The molecule has 2 heterocycles. The third kappa shape index (κ3) is 4.19. The number of hydrogen-bond donors (Lipinski definition) is 1. The molecule has 24 heavy (non-hydrogen) atoms. The molecule has 1 aromatic heterocycles. The normalized spacial score (nSPS) is 15.6. The number of hydrogen-bond acceptors (Lipinski definition) is 3. The van der Waals surface area contributed by atoms with Crippen molar-refractivity contribution in [1.29, 1.82) is 0 Å². The largest absolute Gasteiger partial charge is 0.438 e. The summed E-state index contributed by atoms with van der Waals surface area (Å²) in [6.45, 7) is 1.77. The molecule has 0 spiro atoms. The van der Waals surface area contributed by atoms with Crippen molar-refractivity contribution in [3.63, 3.8) is 0 Å². The van der Waals surface area contributed by atoms with E-state index in [1.165, 1.54) is 24.4 Å². The summed E-state index contributed by atoms with van der Waals surface area (Å²) < 4.78 is 44.9. The summed E-state index contributed by atoms with van der Waals surface area (Å²) in [6.07, 6.45) is -1.08. The van der Waals surface area contributed by atoms with Crippen LogP contribution in [-0.4, -0.2) is 18.1 Å². The van der Waals surface area contributed by atoms with E-state index in [1.54, 1.807) is 6.07 Å². The van der Waals surface area contributed by atoms with Crippen molar-refractivity contribution in [2.24, 2.45) is 0 Å². The molecule has 0 atom stereocenters. The molecule has 1 aliphatic rings. The van der Waals surface area contributed by atoms with Gasteiger partial charge in [0.05, 0.1) is 5.56 Å². The average molecular weight is 359 g/mol.